The van der Waals surface area contributed by atoms with Gasteiger partial charge in [0, 0.05) is 28.3 Å². The van der Waals surface area contributed by atoms with Crippen molar-refractivity contribution in [2.24, 2.45) is 5.16 Å². The van der Waals surface area contributed by atoms with Crippen LogP contribution < -0.4 is 4.74 Å². The molecule has 0 atom stereocenters. The molecule has 0 saturated carbocycles. The molecule has 0 spiro atoms. The molecule has 0 N–H and O–H groups in total. The molecular formula is C16H13ClN2O5. The Morgan fingerprint density at radius 3 is 2.88 bits per heavy atom. The second kappa shape index (κ2) is 7.29. The molecule has 1 aliphatic heterocycles. The third-order valence-corrected chi connectivity index (χ3v) is 3.60. The van der Waals surface area contributed by atoms with Crippen LogP contribution in [0.15, 0.2) is 41.6 Å². The lowest BCUT2D eigenvalue weighted by molar-refractivity contribution is -0.385. The van der Waals surface area contributed by atoms with Gasteiger partial charge in [-0.25, -0.2) is 0 Å². The van der Waals surface area contributed by atoms with Gasteiger partial charge in [0.05, 0.1) is 17.7 Å². The van der Waals surface area contributed by atoms with E-state index in [9.17, 15) is 10.1 Å². The van der Waals surface area contributed by atoms with Crippen molar-refractivity contribution in [1.29, 1.82) is 0 Å². The summed E-state index contributed by atoms with van der Waals surface area (Å²) in [5, 5.41) is 15.5. The topological polar surface area (TPSA) is 83.2 Å². The minimum absolute atomic E-state index is 0.0388. The third-order valence-electron chi connectivity index (χ3n) is 3.35. The summed E-state index contributed by atoms with van der Waals surface area (Å²) in [6, 6.07) is 9.94. The van der Waals surface area contributed by atoms with Gasteiger partial charge in [0.1, 0.15) is 12.4 Å². The van der Waals surface area contributed by atoms with Crippen LogP contribution in [0.4, 0.5) is 5.69 Å². The van der Waals surface area contributed by atoms with Crippen LogP contribution in [0.25, 0.3) is 0 Å². The van der Waals surface area contributed by atoms with E-state index in [4.69, 9.17) is 25.9 Å². The fourth-order valence-corrected chi connectivity index (χ4v) is 2.37. The van der Waals surface area contributed by atoms with E-state index in [-0.39, 0.29) is 25.7 Å². The molecule has 0 fully saturated rings. The van der Waals surface area contributed by atoms with Gasteiger partial charge in [-0.2, -0.15) is 0 Å². The molecule has 0 aliphatic carbocycles. The standard InChI is InChI=1S/C16H13ClN2O5/c17-14-3-1-11(2-4-14)7-18-24-9-13-6-15(19(20)21)5-12-8-22-10-23-16(12)13/h1-7H,8-10H2/b18-7-. The Morgan fingerprint density at radius 1 is 1.33 bits per heavy atom. The van der Waals surface area contributed by atoms with Gasteiger partial charge in [-0.1, -0.05) is 28.9 Å². The summed E-state index contributed by atoms with van der Waals surface area (Å²) in [6.07, 6.45) is 1.53. The molecule has 3 rings (SSSR count). The van der Waals surface area contributed by atoms with Crippen LogP contribution in [-0.4, -0.2) is 17.9 Å². The van der Waals surface area contributed by atoms with E-state index in [0.29, 0.717) is 21.9 Å². The molecule has 2 aromatic carbocycles. The van der Waals surface area contributed by atoms with Gasteiger partial charge < -0.3 is 14.3 Å². The largest absolute Gasteiger partial charge is 0.467 e. The highest BCUT2D eigenvalue weighted by molar-refractivity contribution is 6.30. The summed E-state index contributed by atoms with van der Waals surface area (Å²) < 4.78 is 10.6. The molecule has 124 valence electrons. The first-order chi connectivity index (χ1) is 11.6. The Morgan fingerprint density at radius 2 is 2.12 bits per heavy atom. The first-order valence-corrected chi connectivity index (χ1v) is 7.43. The van der Waals surface area contributed by atoms with Gasteiger partial charge >= 0.3 is 0 Å². The van der Waals surface area contributed by atoms with Crippen molar-refractivity contribution in [3.05, 3.63) is 68.2 Å². The smallest absolute Gasteiger partial charge is 0.270 e. The van der Waals surface area contributed by atoms with Crippen molar-refractivity contribution >= 4 is 23.5 Å². The Bertz CT molecular complexity index is 777. The van der Waals surface area contributed by atoms with Crippen molar-refractivity contribution in [2.45, 2.75) is 13.2 Å². The molecule has 0 radical (unpaired) electrons. The fourth-order valence-electron chi connectivity index (χ4n) is 2.25. The van der Waals surface area contributed by atoms with Crippen molar-refractivity contribution in [3.8, 4) is 5.75 Å². The number of halogens is 1. The van der Waals surface area contributed by atoms with Crippen LogP contribution in [0, 0.1) is 10.1 Å². The molecule has 7 nitrogen and oxygen atoms in total. The average Bonchev–Trinajstić information content (AvgIpc) is 2.59. The number of benzene rings is 2. The van der Waals surface area contributed by atoms with Crippen molar-refractivity contribution < 1.29 is 19.2 Å². The summed E-state index contributed by atoms with van der Waals surface area (Å²) >= 11 is 5.81. The number of nitrogens with zero attached hydrogens (tertiary/aromatic N) is 2. The predicted molar refractivity (Wildman–Crippen MR) is 87.2 cm³/mol. The Balaban J connectivity index is 1.73. The number of rotatable bonds is 5. The van der Waals surface area contributed by atoms with Crippen LogP contribution in [0.2, 0.25) is 5.02 Å². The first-order valence-electron chi connectivity index (χ1n) is 7.05. The van der Waals surface area contributed by atoms with E-state index in [0.717, 1.165) is 5.56 Å². The highest BCUT2D eigenvalue weighted by atomic mass is 35.5. The van der Waals surface area contributed by atoms with E-state index < -0.39 is 4.92 Å². The summed E-state index contributed by atoms with van der Waals surface area (Å²) in [5.74, 6) is 0.550. The number of nitro groups is 1. The summed E-state index contributed by atoms with van der Waals surface area (Å²) in [5.41, 5.74) is 1.96. The third kappa shape index (κ3) is 3.81. The molecule has 2 aromatic rings. The van der Waals surface area contributed by atoms with Crippen LogP contribution in [0.3, 0.4) is 0 Å². The lowest BCUT2D eigenvalue weighted by Gasteiger charge is -2.19. The van der Waals surface area contributed by atoms with Crippen molar-refractivity contribution in [3.63, 3.8) is 0 Å². The summed E-state index contributed by atoms with van der Waals surface area (Å²) in [7, 11) is 0. The Labute approximate surface area is 142 Å². The Hall–Kier alpha value is -2.64. The Kier molecular flexibility index (Phi) is 4.93. The average molecular weight is 349 g/mol. The summed E-state index contributed by atoms with van der Waals surface area (Å²) in [4.78, 5) is 15.8. The van der Waals surface area contributed by atoms with E-state index in [1.165, 1.54) is 18.3 Å². The molecular weight excluding hydrogens is 336 g/mol. The van der Waals surface area contributed by atoms with Crippen LogP contribution in [-0.2, 0) is 22.8 Å². The SMILES string of the molecule is O=[N+]([O-])c1cc2c(c(CO/N=C\c3ccc(Cl)cc3)c1)OCOC2. The van der Waals surface area contributed by atoms with E-state index in [2.05, 4.69) is 5.16 Å². The molecule has 1 aliphatic rings. The maximum Gasteiger partial charge on any atom is 0.270 e. The molecule has 0 amide bonds. The molecule has 24 heavy (non-hydrogen) atoms. The molecule has 8 heteroatoms. The van der Waals surface area contributed by atoms with E-state index in [1.807, 2.05) is 0 Å². The second-order valence-corrected chi connectivity index (χ2v) is 5.46. The number of non-ortho nitro benzene ring substituents is 1. The van der Waals surface area contributed by atoms with Gasteiger partial charge in [0.2, 0.25) is 0 Å². The quantitative estimate of drug-likeness (QED) is 0.467. The minimum atomic E-state index is -0.463. The second-order valence-electron chi connectivity index (χ2n) is 5.02. The van der Waals surface area contributed by atoms with Gasteiger partial charge in [-0.05, 0) is 17.7 Å². The van der Waals surface area contributed by atoms with Crippen LogP contribution in [0.1, 0.15) is 16.7 Å². The zero-order valence-electron chi connectivity index (χ0n) is 12.5. The maximum absolute atomic E-state index is 11.0. The lowest BCUT2D eigenvalue weighted by Crippen LogP contribution is -2.13. The number of fused-ring (bicyclic) bond motifs is 1. The fraction of sp³-hybridized carbons (Fsp3) is 0.188. The van der Waals surface area contributed by atoms with Gasteiger partial charge in [0.25, 0.3) is 5.69 Å². The predicted octanol–water partition coefficient (Wildman–Crippen LogP) is 3.67. The molecule has 0 unspecified atom stereocenters. The summed E-state index contributed by atoms with van der Waals surface area (Å²) in [6.45, 7) is 0.415. The monoisotopic (exact) mass is 348 g/mol. The van der Waals surface area contributed by atoms with E-state index >= 15 is 0 Å². The highest BCUT2D eigenvalue weighted by Gasteiger charge is 2.21. The van der Waals surface area contributed by atoms with Crippen molar-refractivity contribution in [2.75, 3.05) is 6.79 Å². The number of ether oxygens (including phenoxy) is 2. The molecule has 0 aromatic heterocycles. The van der Waals surface area contributed by atoms with Gasteiger partial charge in [-0.15, -0.1) is 0 Å². The highest BCUT2D eigenvalue weighted by Crippen LogP contribution is 2.33. The van der Waals surface area contributed by atoms with Gasteiger partial charge in [0.15, 0.2) is 6.79 Å². The zero-order chi connectivity index (χ0) is 16.9. The normalized spacial score (nSPS) is 13.4. The van der Waals surface area contributed by atoms with Crippen molar-refractivity contribution in [1.82, 2.24) is 0 Å². The number of hydrogen-bond acceptors (Lipinski definition) is 6. The number of nitro benzene ring substituents is 1. The van der Waals surface area contributed by atoms with Gasteiger partial charge in [-0.3, -0.25) is 10.1 Å². The number of hydrogen-bond donors (Lipinski definition) is 0. The molecule has 0 saturated heterocycles. The van der Waals surface area contributed by atoms with E-state index in [1.54, 1.807) is 24.3 Å². The maximum atomic E-state index is 11.0. The molecule has 1 heterocycles. The zero-order valence-corrected chi connectivity index (χ0v) is 13.2. The minimum Gasteiger partial charge on any atom is -0.467 e. The van der Waals surface area contributed by atoms with Crippen LogP contribution >= 0.6 is 11.6 Å². The first kappa shape index (κ1) is 16.2. The molecule has 0 bridgehead atoms. The van der Waals surface area contributed by atoms with Crippen LogP contribution in [0.5, 0.6) is 5.75 Å². The number of oxime groups is 1. The lowest BCUT2D eigenvalue weighted by atomic mass is 10.1.